The number of ether oxygens (including phenoxy) is 1. The molecule has 0 unspecified atom stereocenters. The van der Waals surface area contributed by atoms with Crippen molar-refractivity contribution in [2.75, 3.05) is 12.5 Å². The van der Waals surface area contributed by atoms with Crippen molar-refractivity contribution in [3.63, 3.8) is 0 Å². The molecule has 0 bridgehead atoms. The van der Waals surface area contributed by atoms with Crippen LogP contribution >= 0.6 is 0 Å². The summed E-state index contributed by atoms with van der Waals surface area (Å²) in [5.41, 5.74) is 6.14. The number of imidazole rings is 1. The zero-order valence-corrected chi connectivity index (χ0v) is 11.6. The maximum absolute atomic E-state index is 12.2. The van der Waals surface area contributed by atoms with Gasteiger partial charge in [-0.15, -0.1) is 0 Å². The summed E-state index contributed by atoms with van der Waals surface area (Å²) in [6, 6.07) is 14.9. The number of nitrogens with zero attached hydrogens (tertiary/aromatic N) is 2. The number of nitrogens with one attached hydrogen (secondary N) is 1. The van der Waals surface area contributed by atoms with Crippen molar-refractivity contribution in [2.24, 2.45) is 0 Å². The SMILES string of the molecule is COCc1ccc(C(=O)Nn2cnc3ccccc32)cc1. The summed E-state index contributed by atoms with van der Waals surface area (Å²) in [5.74, 6) is -0.179. The van der Waals surface area contributed by atoms with E-state index in [0.29, 0.717) is 12.2 Å². The molecule has 1 heterocycles. The number of hydrogen-bond donors (Lipinski definition) is 1. The second-order valence-electron chi connectivity index (χ2n) is 4.67. The quantitative estimate of drug-likeness (QED) is 0.799. The van der Waals surface area contributed by atoms with E-state index >= 15 is 0 Å². The number of para-hydroxylation sites is 2. The van der Waals surface area contributed by atoms with Gasteiger partial charge < -0.3 is 4.74 Å². The summed E-state index contributed by atoms with van der Waals surface area (Å²) in [7, 11) is 1.64. The molecule has 0 aliphatic heterocycles. The Balaban J connectivity index is 1.79. The van der Waals surface area contributed by atoms with E-state index in [-0.39, 0.29) is 5.91 Å². The molecule has 0 saturated heterocycles. The van der Waals surface area contributed by atoms with E-state index in [2.05, 4.69) is 10.4 Å². The van der Waals surface area contributed by atoms with Crippen LogP contribution in [0.2, 0.25) is 0 Å². The third-order valence-electron chi connectivity index (χ3n) is 3.20. The molecule has 0 radical (unpaired) electrons. The van der Waals surface area contributed by atoms with Crippen LogP contribution in [0.3, 0.4) is 0 Å². The Morgan fingerprint density at radius 1 is 1.19 bits per heavy atom. The highest BCUT2D eigenvalue weighted by molar-refractivity contribution is 6.00. The molecule has 5 nitrogen and oxygen atoms in total. The lowest BCUT2D eigenvalue weighted by Crippen LogP contribution is -2.21. The lowest BCUT2D eigenvalue weighted by Gasteiger charge is -2.07. The molecule has 0 aliphatic carbocycles. The van der Waals surface area contributed by atoms with Crippen LogP contribution in [0.4, 0.5) is 0 Å². The summed E-state index contributed by atoms with van der Waals surface area (Å²) in [6.07, 6.45) is 1.60. The molecule has 0 saturated carbocycles. The van der Waals surface area contributed by atoms with Gasteiger partial charge in [0, 0.05) is 12.7 Å². The first-order chi connectivity index (χ1) is 10.3. The number of carbonyl (C=O) groups is 1. The molecular formula is C16H15N3O2. The Bertz CT molecular complexity index is 763. The van der Waals surface area contributed by atoms with E-state index in [0.717, 1.165) is 16.6 Å². The van der Waals surface area contributed by atoms with Crippen molar-refractivity contribution < 1.29 is 9.53 Å². The molecular weight excluding hydrogens is 266 g/mol. The fourth-order valence-corrected chi connectivity index (χ4v) is 2.14. The van der Waals surface area contributed by atoms with E-state index < -0.39 is 0 Å². The fraction of sp³-hybridized carbons (Fsp3) is 0.125. The van der Waals surface area contributed by atoms with Gasteiger partial charge in [0.15, 0.2) is 0 Å². The van der Waals surface area contributed by atoms with E-state index in [1.165, 1.54) is 0 Å². The number of fused-ring (bicyclic) bond motifs is 1. The average Bonchev–Trinajstić information content (AvgIpc) is 2.92. The third-order valence-corrected chi connectivity index (χ3v) is 3.20. The number of rotatable bonds is 4. The number of carbonyl (C=O) groups excluding carboxylic acids is 1. The van der Waals surface area contributed by atoms with E-state index in [9.17, 15) is 4.79 Å². The zero-order valence-electron chi connectivity index (χ0n) is 11.6. The molecule has 1 aromatic heterocycles. The summed E-state index contributed by atoms with van der Waals surface area (Å²) >= 11 is 0. The van der Waals surface area contributed by atoms with Crippen LogP contribution < -0.4 is 5.43 Å². The van der Waals surface area contributed by atoms with Crippen molar-refractivity contribution >= 4 is 16.9 Å². The van der Waals surface area contributed by atoms with Crippen LogP contribution in [0.15, 0.2) is 54.9 Å². The molecule has 0 spiro atoms. The zero-order chi connectivity index (χ0) is 14.7. The molecule has 0 aliphatic rings. The van der Waals surface area contributed by atoms with Gasteiger partial charge in [-0.05, 0) is 29.8 Å². The molecule has 5 heteroatoms. The van der Waals surface area contributed by atoms with Crippen molar-refractivity contribution in [2.45, 2.75) is 6.61 Å². The topological polar surface area (TPSA) is 56.1 Å². The number of hydrogen-bond acceptors (Lipinski definition) is 3. The number of amides is 1. The van der Waals surface area contributed by atoms with Crippen LogP contribution in [0.5, 0.6) is 0 Å². The van der Waals surface area contributed by atoms with E-state index in [4.69, 9.17) is 4.74 Å². The Hall–Kier alpha value is -2.66. The number of benzene rings is 2. The normalized spacial score (nSPS) is 10.7. The molecule has 21 heavy (non-hydrogen) atoms. The predicted molar refractivity (Wildman–Crippen MR) is 80.6 cm³/mol. The lowest BCUT2D eigenvalue weighted by molar-refractivity contribution is 0.101. The Kier molecular flexibility index (Phi) is 3.66. The van der Waals surface area contributed by atoms with Gasteiger partial charge in [-0.25, -0.2) is 9.66 Å². The second kappa shape index (κ2) is 5.76. The Morgan fingerprint density at radius 3 is 2.71 bits per heavy atom. The van der Waals surface area contributed by atoms with Crippen LogP contribution in [-0.4, -0.2) is 22.7 Å². The van der Waals surface area contributed by atoms with Gasteiger partial charge in [-0.1, -0.05) is 24.3 Å². The van der Waals surface area contributed by atoms with E-state index in [1.807, 2.05) is 36.4 Å². The van der Waals surface area contributed by atoms with Crippen LogP contribution in [-0.2, 0) is 11.3 Å². The summed E-state index contributed by atoms with van der Waals surface area (Å²) < 4.78 is 6.67. The second-order valence-corrected chi connectivity index (χ2v) is 4.67. The first-order valence-electron chi connectivity index (χ1n) is 6.59. The van der Waals surface area contributed by atoms with Crippen LogP contribution in [0, 0.1) is 0 Å². The Morgan fingerprint density at radius 2 is 1.95 bits per heavy atom. The standard InChI is InChI=1S/C16H15N3O2/c1-21-10-12-6-8-13(9-7-12)16(20)18-19-11-17-14-4-2-3-5-15(14)19/h2-9,11H,10H2,1H3,(H,18,20). The summed E-state index contributed by atoms with van der Waals surface area (Å²) in [6.45, 7) is 0.536. The van der Waals surface area contributed by atoms with Gasteiger partial charge in [-0.3, -0.25) is 10.2 Å². The van der Waals surface area contributed by atoms with Gasteiger partial charge >= 0.3 is 0 Å². The van der Waals surface area contributed by atoms with Gasteiger partial charge in [0.05, 0.1) is 17.6 Å². The molecule has 1 N–H and O–H groups in total. The van der Waals surface area contributed by atoms with Crippen molar-refractivity contribution in [3.05, 3.63) is 66.0 Å². The van der Waals surface area contributed by atoms with Crippen molar-refractivity contribution in [3.8, 4) is 0 Å². The Labute approximate surface area is 122 Å². The minimum Gasteiger partial charge on any atom is -0.380 e. The largest absolute Gasteiger partial charge is 0.380 e. The molecule has 3 rings (SSSR count). The maximum atomic E-state index is 12.2. The van der Waals surface area contributed by atoms with Crippen molar-refractivity contribution in [1.29, 1.82) is 0 Å². The minimum absolute atomic E-state index is 0.179. The molecule has 2 aromatic carbocycles. The lowest BCUT2D eigenvalue weighted by atomic mass is 10.1. The van der Waals surface area contributed by atoms with Gasteiger partial charge in [0.1, 0.15) is 6.33 Å². The predicted octanol–water partition coefficient (Wildman–Crippen LogP) is 2.57. The monoisotopic (exact) mass is 281 g/mol. The number of methoxy groups -OCH3 is 1. The van der Waals surface area contributed by atoms with Crippen LogP contribution in [0.25, 0.3) is 11.0 Å². The highest BCUT2D eigenvalue weighted by Gasteiger charge is 2.08. The first kappa shape index (κ1) is 13.3. The minimum atomic E-state index is -0.179. The molecule has 0 atom stereocenters. The molecule has 3 aromatic rings. The average molecular weight is 281 g/mol. The van der Waals surface area contributed by atoms with Gasteiger partial charge in [0.25, 0.3) is 5.91 Å². The summed E-state index contributed by atoms with van der Waals surface area (Å²) in [5, 5.41) is 0. The molecule has 0 fully saturated rings. The van der Waals surface area contributed by atoms with Gasteiger partial charge in [0.2, 0.25) is 0 Å². The van der Waals surface area contributed by atoms with Crippen molar-refractivity contribution in [1.82, 2.24) is 9.66 Å². The summed E-state index contributed by atoms with van der Waals surface area (Å²) in [4.78, 5) is 16.5. The molecule has 106 valence electrons. The molecule has 1 amide bonds. The number of aromatic nitrogens is 2. The fourth-order valence-electron chi connectivity index (χ4n) is 2.14. The first-order valence-corrected chi connectivity index (χ1v) is 6.59. The van der Waals surface area contributed by atoms with Gasteiger partial charge in [-0.2, -0.15) is 0 Å². The van der Waals surface area contributed by atoms with E-state index in [1.54, 1.807) is 30.2 Å². The smallest absolute Gasteiger partial charge is 0.270 e. The third kappa shape index (κ3) is 2.78. The van der Waals surface area contributed by atoms with Crippen LogP contribution in [0.1, 0.15) is 15.9 Å². The highest BCUT2D eigenvalue weighted by Crippen LogP contribution is 2.11. The maximum Gasteiger partial charge on any atom is 0.270 e. The highest BCUT2D eigenvalue weighted by atomic mass is 16.5.